The molecule has 0 radical (unpaired) electrons. The van der Waals surface area contributed by atoms with Crippen LogP contribution in [0, 0.1) is 0 Å². The first-order chi connectivity index (χ1) is 11.3. The van der Waals surface area contributed by atoms with Crippen molar-refractivity contribution >= 4 is 17.5 Å². The molecule has 0 fully saturated rings. The lowest BCUT2D eigenvalue weighted by Gasteiger charge is -2.39. The Morgan fingerprint density at radius 2 is 2.17 bits per heavy atom. The van der Waals surface area contributed by atoms with Crippen molar-refractivity contribution in [3.05, 3.63) is 52.8 Å². The third-order valence-electron chi connectivity index (χ3n) is 4.26. The number of carbonyl (C=O) groups excluding carboxylic acids is 1. The lowest BCUT2D eigenvalue weighted by atomic mass is 9.96. The molecule has 0 bridgehead atoms. The fourth-order valence-corrected chi connectivity index (χ4v) is 3.06. The highest BCUT2D eigenvalue weighted by Gasteiger charge is 2.23. The zero-order valence-corrected chi connectivity index (χ0v) is 15.2. The maximum atomic E-state index is 12.2. The number of aromatic hydroxyl groups is 1. The number of hydrogen-bond donors (Lipinski definition) is 2. The fourth-order valence-electron chi connectivity index (χ4n) is 2.87. The Morgan fingerprint density at radius 1 is 1.42 bits per heavy atom. The number of phenols is 1. The summed E-state index contributed by atoms with van der Waals surface area (Å²) in [6.07, 6.45) is 8.28. The van der Waals surface area contributed by atoms with E-state index in [2.05, 4.69) is 31.0 Å². The van der Waals surface area contributed by atoms with Gasteiger partial charge in [0.2, 0.25) is 5.91 Å². The average Bonchev–Trinajstić information content (AvgIpc) is 2.51. The quantitative estimate of drug-likeness (QED) is 0.817. The molecule has 1 amide bonds. The summed E-state index contributed by atoms with van der Waals surface area (Å²) >= 11 is 5.91. The molecule has 0 unspecified atom stereocenters. The largest absolute Gasteiger partial charge is 0.508 e. The smallest absolute Gasteiger partial charge is 0.228 e. The number of halogens is 1. The number of rotatable bonds is 6. The number of nitrogens with zero attached hydrogens (tertiary/aromatic N) is 1. The number of phenolic OH excluding ortho intramolecular Hbond substituents is 1. The first kappa shape index (κ1) is 18.4. The van der Waals surface area contributed by atoms with Gasteiger partial charge in [0, 0.05) is 34.6 Å². The molecular weight excluding hydrogens is 324 g/mol. The number of benzene rings is 1. The summed E-state index contributed by atoms with van der Waals surface area (Å²) in [5, 5.41) is 13.2. The molecule has 130 valence electrons. The van der Waals surface area contributed by atoms with Crippen molar-refractivity contribution in [2.24, 2.45) is 0 Å². The molecule has 1 heterocycles. The molecule has 0 aromatic heterocycles. The van der Waals surface area contributed by atoms with E-state index in [1.54, 1.807) is 12.1 Å². The van der Waals surface area contributed by atoms with E-state index in [1.165, 1.54) is 6.07 Å². The van der Waals surface area contributed by atoms with Crippen LogP contribution in [0.5, 0.6) is 5.75 Å². The number of carbonyl (C=O) groups is 1. The summed E-state index contributed by atoms with van der Waals surface area (Å²) in [6, 6.07) is 4.70. The lowest BCUT2D eigenvalue weighted by molar-refractivity contribution is -0.119. The minimum atomic E-state index is -0.176. The van der Waals surface area contributed by atoms with Crippen molar-refractivity contribution in [3.8, 4) is 5.75 Å². The van der Waals surface area contributed by atoms with Gasteiger partial charge in [-0.3, -0.25) is 4.79 Å². The van der Waals surface area contributed by atoms with Gasteiger partial charge in [0.15, 0.2) is 0 Å². The minimum absolute atomic E-state index is 0.0789. The minimum Gasteiger partial charge on any atom is -0.508 e. The van der Waals surface area contributed by atoms with Gasteiger partial charge in [0.1, 0.15) is 5.75 Å². The molecule has 2 rings (SSSR count). The predicted molar refractivity (Wildman–Crippen MR) is 97.9 cm³/mol. The molecule has 4 nitrogen and oxygen atoms in total. The van der Waals surface area contributed by atoms with Gasteiger partial charge in [-0.2, -0.15) is 0 Å². The molecule has 0 atom stereocenters. The van der Waals surface area contributed by atoms with E-state index in [1.807, 2.05) is 18.4 Å². The second kappa shape index (κ2) is 7.75. The third kappa shape index (κ3) is 4.78. The van der Waals surface area contributed by atoms with Crippen LogP contribution in [-0.4, -0.2) is 28.0 Å². The Hall–Kier alpha value is -1.94. The topological polar surface area (TPSA) is 52.6 Å². The summed E-state index contributed by atoms with van der Waals surface area (Å²) in [5.74, 6) is -0.0973. The Bertz CT molecular complexity index is 665. The van der Waals surface area contributed by atoms with Crippen molar-refractivity contribution in [3.63, 3.8) is 0 Å². The van der Waals surface area contributed by atoms with Gasteiger partial charge in [-0.15, -0.1) is 0 Å². The predicted octanol–water partition coefficient (Wildman–Crippen LogP) is 4.00. The summed E-state index contributed by atoms with van der Waals surface area (Å²) in [7, 11) is 0. The zero-order chi connectivity index (χ0) is 17.7. The molecule has 5 heteroatoms. The maximum absolute atomic E-state index is 12.2. The molecule has 1 aromatic carbocycles. The van der Waals surface area contributed by atoms with Gasteiger partial charge in [0.25, 0.3) is 0 Å². The van der Waals surface area contributed by atoms with Crippen molar-refractivity contribution in [2.75, 3.05) is 6.54 Å². The number of hydrogen-bond acceptors (Lipinski definition) is 3. The summed E-state index contributed by atoms with van der Waals surface area (Å²) in [4.78, 5) is 14.4. The Morgan fingerprint density at radius 3 is 2.79 bits per heavy atom. The Kier molecular flexibility index (Phi) is 5.94. The van der Waals surface area contributed by atoms with Crippen LogP contribution in [0.15, 0.2) is 42.2 Å². The van der Waals surface area contributed by atoms with Gasteiger partial charge in [-0.05, 0) is 50.6 Å². The molecule has 2 N–H and O–H groups in total. The monoisotopic (exact) mass is 348 g/mol. The second-order valence-corrected chi connectivity index (χ2v) is 7.12. The highest BCUT2D eigenvalue weighted by atomic mass is 35.5. The van der Waals surface area contributed by atoms with Crippen LogP contribution in [-0.2, 0) is 11.2 Å². The fraction of sp³-hybridized carbons (Fsp3) is 0.421. The highest BCUT2D eigenvalue weighted by molar-refractivity contribution is 6.30. The van der Waals surface area contributed by atoms with E-state index < -0.39 is 0 Å². The molecule has 0 saturated heterocycles. The van der Waals surface area contributed by atoms with Gasteiger partial charge in [-0.25, -0.2) is 0 Å². The van der Waals surface area contributed by atoms with E-state index in [-0.39, 0.29) is 23.6 Å². The van der Waals surface area contributed by atoms with Crippen molar-refractivity contribution in [1.82, 2.24) is 10.2 Å². The number of amides is 1. The van der Waals surface area contributed by atoms with E-state index >= 15 is 0 Å². The van der Waals surface area contributed by atoms with Crippen LogP contribution >= 0.6 is 11.6 Å². The zero-order valence-electron chi connectivity index (χ0n) is 14.5. The molecule has 0 aliphatic carbocycles. The van der Waals surface area contributed by atoms with Gasteiger partial charge < -0.3 is 15.3 Å². The van der Waals surface area contributed by atoms with Crippen molar-refractivity contribution < 1.29 is 9.90 Å². The lowest BCUT2D eigenvalue weighted by Crippen LogP contribution is -2.41. The van der Waals surface area contributed by atoms with Crippen LogP contribution < -0.4 is 5.32 Å². The molecule has 24 heavy (non-hydrogen) atoms. The first-order valence-electron chi connectivity index (χ1n) is 8.24. The number of nitrogens with one attached hydrogen (secondary N) is 1. The van der Waals surface area contributed by atoms with E-state index in [0.717, 1.165) is 25.1 Å². The van der Waals surface area contributed by atoms with E-state index in [4.69, 9.17) is 11.6 Å². The van der Waals surface area contributed by atoms with Gasteiger partial charge in [0.05, 0.1) is 6.42 Å². The van der Waals surface area contributed by atoms with Crippen LogP contribution in [0.3, 0.4) is 0 Å². The molecule has 1 aromatic rings. The van der Waals surface area contributed by atoms with Crippen molar-refractivity contribution in [1.29, 1.82) is 0 Å². The van der Waals surface area contributed by atoms with E-state index in [0.29, 0.717) is 10.6 Å². The van der Waals surface area contributed by atoms with Crippen LogP contribution in [0.2, 0.25) is 5.02 Å². The third-order valence-corrected chi connectivity index (χ3v) is 4.49. The average molecular weight is 349 g/mol. The van der Waals surface area contributed by atoms with Crippen LogP contribution in [0.4, 0.5) is 0 Å². The van der Waals surface area contributed by atoms with Gasteiger partial charge >= 0.3 is 0 Å². The molecule has 0 spiro atoms. The van der Waals surface area contributed by atoms with Crippen LogP contribution in [0.1, 0.15) is 39.2 Å². The van der Waals surface area contributed by atoms with E-state index in [9.17, 15) is 9.90 Å². The molecule has 0 saturated carbocycles. The second-order valence-electron chi connectivity index (χ2n) is 6.69. The van der Waals surface area contributed by atoms with Crippen LogP contribution in [0.25, 0.3) is 0 Å². The summed E-state index contributed by atoms with van der Waals surface area (Å²) < 4.78 is 0. The maximum Gasteiger partial charge on any atom is 0.228 e. The highest BCUT2D eigenvalue weighted by Crippen LogP contribution is 2.24. The summed E-state index contributed by atoms with van der Waals surface area (Å²) in [6.45, 7) is 7.39. The first-order valence-corrected chi connectivity index (χ1v) is 8.62. The Labute approximate surface area is 148 Å². The Balaban J connectivity index is 1.93. The molecular formula is C19H25ClN2O2. The normalized spacial score (nSPS) is 14.5. The van der Waals surface area contributed by atoms with Crippen molar-refractivity contribution in [2.45, 2.75) is 45.6 Å². The molecule has 1 aliphatic rings. The number of allylic oxidation sites excluding steroid dienone is 1. The van der Waals surface area contributed by atoms with Gasteiger partial charge in [-0.1, -0.05) is 24.9 Å². The summed E-state index contributed by atoms with van der Waals surface area (Å²) in [5.41, 5.74) is 1.40. The SMILES string of the molecule is CCCC(C)(C)N1C=CC(NC(=O)Cc2cc(Cl)ccc2O)=CC1. The molecule has 1 aliphatic heterocycles. The standard InChI is InChI=1S/C19H25ClN2O2/c1-4-9-19(2,3)22-10-7-16(8-11-22)21-18(24)13-14-12-15(20)5-6-17(14)23/h5-8,10,12,23H,4,9,11,13H2,1-3H3,(H,21,24).